The van der Waals surface area contributed by atoms with Gasteiger partial charge in [-0.3, -0.25) is 4.90 Å². The summed E-state index contributed by atoms with van der Waals surface area (Å²) in [5.41, 5.74) is 1.28. The van der Waals surface area contributed by atoms with Crippen molar-refractivity contribution in [1.82, 2.24) is 4.90 Å². The van der Waals surface area contributed by atoms with E-state index < -0.39 is 0 Å². The maximum atomic E-state index is 3.95. The molecule has 0 atom stereocenters. The summed E-state index contributed by atoms with van der Waals surface area (Å²) in [6.07, 6.45) is 7.16. The third-order valence-corrected chi connectivity index (χ3v) is 2.59. The molecule has 0 aromatic carbocycles. The molecule has 0 spiro atoms. The van der Waals surface area contributed by atoms with Crippen LogP contribution in [0.1, 0.15) is 26.7 Å². The van der Waals surface area contributed by atoms with Gasteiger partial charge in [-0.15, -0.1) is 0 Å². The third-order valence-electron chi connectivity index (χ3n) is 2.59. The molecule has 0 aliphatic carbocycles. The van der Waals surface area contributed by atoms with Crippen molar-refractivity contribution in [3.63, 3.8) is 0 Å². The fourth-order valence-corrected chi connectivity index (χ4v) is 1.96. The van der Waals surface area contributed by atoms with Gasteiger partial charge >= 0.3 is 0 Å². The maximum absolute atomic E-state index is 3.95. The summed E-state index contributed by atoms with van der Waals surface area (Å²) in [6.45, 7) is 11.7. The molecule has 1 aliphatic rings. The minimum atomic E-state index is 0.825. The topological polar surface area (TPSA) is 3.24 Å². The van der Waals surface area contributed by atoms with Crippen molar-refractivity contribution in [3.05, 3.63) is 24.3 Å². The van der Waals surface area contributed by atoms with Gasteiger partial charge in [-0.05, 0) is 45.7 Å². The maximum Gasteiger partial charge on any atom is 0.0187 e. The first-order valence-corrected chi connectivity index (χ1v) is 5.22. The molecule has 1 heteroatoms. The lowest BCUT2D eigenvalue weighted by Crippen LogP contribution is -2.34. The standard InChI is InChI=1S/C12H21N/c1-4-5-12-6-8-13(9-7-12)10-11(2)3/h4-5,12H,2,6-10H2,1,3H3/b5-4+. The minimum Gasteiger partial charge on any atom is -0.299 e. The number of nitrogens with zero attached hydrogens (tertiary/aromatic N) is 1. The van der Waals surface area contributed by atoms with Gasteiger partial charge in [-0.25, -0.2) is 0 Å². The quantitative estimate of drug-likeness (QED) is 0.602. The van der Waals surface area contributed by atoms with E-state index in [1.807, 2.05) is 0 Å². The number of piperidine rings is 1. The van der Waals surface area contributed by atoms with Crippen LogP contribution in [0.15, 0.2) is 24.3 Å². The summed E-state index contributed by atoms with van der Waals surface area (Å²) in [6, 6.07) is 0. The Kier molecular flexibility index (Phi) is 4.23. The summed E-state index contributed by atoms with van der Waals surface area (Å²) in [4.78, 5) is 2.50. The van der Waals surface area contributed by atoms with Crippen LogP contribution in [0.4, 0.5) is 0 Å². The van der Waals surface area contributed by atoms with Crippen LogP contribution in [0.25, 0.3) is 0 Å². The van der Waals surface area contributed by atoms with Gasteiger partial charge in [0.2, 0.25) is 0 Å². The smallest absolute Gasteiger partial charge is 0.0187 e. The van der Waals surface area contributed by atoms with Crippen molar-refractivity contribution in [2.75, 3.05) is 19.6 Å². The normalized spacial score (nSPS) is 21.1. The zero-order valence-corrected chi connectivity index (χ0v) is 8.92. The highest BCUT2D eigenvalue weighted by atomic mass is 15.1. The van der Waals surface area contributed by atoms with Crippen molar-refractivity contribution in [3.8, 4) is 0 Å². The van der Waals surface area contributed by atoms with Gasteiger partial charge in [0, 0.05) is 6.54 Å². The summed E-state index contributed by atoms with van der Waals surface area (Å²) in [5, 5.41) is 0. The van der Waals surface area contributed by atoms with Crippen LogP contribution in [0, 0.1) is 5.92 Å². The zero-order chi connectivity index (χ0) is 9.68. The molecule has 1 heterocycles. The number of allylic oxidation sites excluding steroid dienone is 2. The number of rotatable bonds is 3. The second kappa shape index (κ2) is 5.23. The molecule has 1 nitrogen and oxygen atoms in total. The van der Waals surface area contributed by atoms with E-state index in [4.69, 9.17) is 0 Å². The van der Waals surface area contributed by atoms with Gasteiger partial charge in [-0.2, -0.15) is 0 Å². The van der Waals surface area contributed by atoms with Gasteiger partial charge in [-0.1, -0.05) is 24.3 Å². The fourth-order valence-electron chi connectivity index (χ4n) is 1.96. The van der Waals surface area contributed by atoms with Gasteiger partial charge in [0.05, 0.1) is 0 Å². The average Bonchev–Trinajstić information content (AvgIpc) is 2.08. The monoisotopic (exact) mass is 179 g/mol. The van der Waals surface area contributed by atoms with Gasteiger partial charge in [0.25, 0.3) is 0 Å². The van der Waals surface area contributed by atoms with E-state index in [0.29, 0.717) is 0 Å². The highest BCUT2D eigenvalue weighted by molar-refractivity contribution is 4.95. The molecule has 0 aromatic rings. The SMILES string of the molecule is C=C(C)CN1CCC(/C=C/C)CC1. The van der Waals surface area contributed by atoms with E-state index in [1.165, 1.54) is 31.5 Å². The largest absolute Gasteiger partial charge is 0.299 e. The summed E-state index contributed by atoms with van der Waals surface area (Å²) < 4.78 is 0. The molecule has 1 fully saturated rings. The van der Waals surface area contributed by atoms with Crippen LogP contribution in [-0.4, -0.2) is 24.5 Å². The Morgan fingerprint density at radius 2 is 2.08 bits per heavy atom. The Balaban J connectivity index is 2.26. The average molecular weight is 179 g/mol. The van der Waals surface area contributed by atoms with Crippen molar-refractivity contribution >= 4 is 0 Å². The lowest BCUT2D eigenvalue weighted by atomic mass is 9.96. The molecular formula is C12H21N. The van der Waals surface area contributed by atoms with E-state index in [9.17, 15) is 0 Å². The number of hydrogen-bond donors (Lipinski definition) is 0. The lowest BCUT2D eigenvalue weighted by molar-refractivity contribution is 0.218. The Morgan fingerprint density at radius 3 is 2.54 bits per heavy atom. The van der Waals surface area contributed by atoms with E-state index in [-0.39, 0.29) is 0 Å². The third kappa shape index (κ3) is 3.77. The van der Waals surface area contributed by atoms with Crippen molar-refractivity contribution in [2.45, 2.75) is 26.7 Å². The van der Waals surface area contributed by atoms with E-state index >= 15 is 0 Å². The van der Waals surface area contributed by atoms with Crippen LogP contribution in [0.2, 0.25) is 0 Å². The first kappa shape index (κ1) is 10.5. The Bertz CT molecular complexity index is 185. The van der Waals surface area contributed by atoms with Crippen molar-refractivity contribution < 1.29 is 0 Å². The highest BCUT2D eigenvalue weighted by Crippen LogP contribution is 2.18. The molecule has 13 heavy (non-hydrogen) atoms. The summed E-state index contributed by atoms with van der Waals surface area (Å²) >= 11 is 0. The molecule has 1 aliphatic heterocycles. The molecular weight excluding hydrogens is 158 g/mol. The van der Waals surface area contributed by atoms with Crippen LogP contribution in [0.5, 0.6) is 0 Å². The zero-order valence-electron chi connectivity index (χ0n) is 8.92. The predicted octanol–water partition coefficient (Wildman–Crippen LogP) is 2.85. The minimum absolute atomic E-state index is 0.825. The number of likely N-dealkylation sites (tertiary alicyclic amines) is 1. The van der Waals surface area contributed by atoms with Crippen LogP contribution < -0.4 is 0 Å². The van der Waals surface area contributed by atoms with Crippen molar-refractivity contribution in [2.24, 2.45) is 5.92 Å². The van der Waals surface area contributed by atoms with Gasteiger partial charge < -0.3 is 0 Å². The molecule has 0 radical (unpaired) electrons. The van der Waals surface area contributed by atoms with Crippen LogP contribution >= 0.6 is 0 Å². The molecule has 0 amide bonds. The molecule has 0 unspecified atom stereocenters. The summed E-state index contributed by atoms with van der Waals surface area (Å²) in [7, 11) is 0. The molecule has 74 valence electrons. The van der Waals surface area contributed by atoms with E-state index in [1.54, 1.807) is 0 Å². The highest BCUT2D eigenvalue weighted by Gasteiger charge is 2.16. The van der Waals surface area contributed by atoms with Gasteiger partial charge in [0.1, 0.15) is 0 Å². The Labute approximate surface area is 82.1 Å². The predicted molar refractivity (Wildman–Crippen MR) is 58.8 cm³/mol. The molecule has 0 aromatic heterocycles. The van der Waals surface area contributed by atoms with E-state index in [0.717, 1.165) is 12.5 Å². The Hall–Kier alpha value is -0.560. The second-order valence-corrected chi connectivity index (χ2v) is 4.10. The molecule has 1 saturated heterocycles. The second-order valence-electron chi connectivity index (χ2n) is 4.10. The number of hydrogen-bond acceptors (Lipinski definition) is 1. The van der Waals surface area contributed by atoms with E-state index in [2.05, 4.69) is 37.5 Å². The molecule has 0 bridgehead atoms. The molecule has 0 saturated carbocycles. The molecule has 0 N–H and O–H groups in total. The van der Waals surface area contributed by atoms with Gasteiger partial charge in [0.15, 0.2) is 0 Å². The van der Waals surface area contributed by atoms with Crippen LogP contribution in [0.3, 0.4) is 0 Å². The lowest BCUT2D eigenvalue weighted by Gasteiger charge is -2.30. The summed E-state index contributed by atoms with van der Waals surface area (Å²) in [5.74, 6) is 0.825. The first-order chi connectivity index (χ1) is 6.22. The Morgan fingerprint density at radius 1 is 1.46 bits per heavy atom. The molecule has 1 rings (SSSR count). The van der Waals surface area contributed by atoms with Crippen molar-refractivity contribution in [1.29, 1.82) is 0 Å². The fraction of sp³-hybridized carbons (Fsp3) is 0.667. The van der Waals surface area contributed by atoms with Crippen LogP contribution in [-0.2, 0) is 0 Å². The first-order valence-electron chi connectivity index (χ1n) is 5.22.